The molecule has 0 saturated heterocycles. The van der Waals surface area contributed by atoms with Gasteiger partial charge in [0.05, 0.1) is 6.20 Å². The molecule has 2 rings (SSSR count). The lowest BCUT2D eigenvalue weighted by Gasteiger charge is -2.05. The zero-order valence-electron chi connectivity index (χ0n) is 9.63. The van der Waals surface area contributed by atoms with Crippen LogP contribution in [0.3, 0.4) is 0 Å². The van der Waals surface area contributed by atoms with Crippen LogP contribution in [0.5, 0.6) is 0 Å². The fourth-order valence-corrected chi connectivity index (χ4v) is 1.65. The van der Waals surface area contributed by atoms with Crippen molar-refractivity contribution in [3.8, 4) is 0 Å². The van der Waals surface area contributed by atoms with Gasteiger partial charge in [0.25, 0.3) is 0 Å². The first kappa shape index (κ1) is 11.3. The third kappa shape index (κ3) is 2.18. The maximum Gasteiger partial charge on any atom is 0.214 e. The minimum Gasteiger partial charge on any atom is -0.398 e. The highest BCUT2D eigenvalue weighted by atomic mass is 16.1. The highest BCUT2D eigenvalue weighted by Crippen LogP contribution is 2.15. The van der Waals surface area contributed by atoms with Crippen LogP contribution in [-0.2, 0) is 6.54 Å². The number of nitrogens with two attached hydrogens (primary N) is 1. The number of carbonyl (C=O) groups is 1. The molecular formula is C12H14N4O. The zero-order valence-corrected chi connectivity index (χ0v) is 9.63. The Morgan fingerprint density at radius 1 is 1.41 bits per heavy atom. The van der Waals surface area contributed by atoms with Crippen molar-refractivity contribution < 1.29 is 4.79 Å². The van der Waals surface area contributed by atoms with Gasteiger partial charge in [0.2, 0.25) is 5.78 Å². The van der Waals surface area contributed by atoms with Crippen LogP contribution in [0.1, 0.15) is 29.4 Å². The van der Waals surface area contributed by atoms with Crippen molar-refractivity contribution >= 4 is 11.5 Å². The Morgan fingerprint density at radius 3 is 2.88 bits per heavy atom. The lowest BCUT2D eigenvalue weighted by molar-refractivity contribution is 0.102. The van der Waals surface area contributed by atoms with Crippen molar-refractivity contribution in [3.63, 3.8) is 0 Å². The van der Waals surface area contributed by atoms with Crippen LogP contribution in [0.4, 0.5) is 5.69 Å². The van der Waals surface area contributed by atoms with Gasteiger partial charge in [-0.15, -0.1) is 5.10 Å². The van der Waals surface area contributed by atoms with Crippen molar-refractivity contribution in [1.82, 2.24) is 15.0 Å². The molecule has 0 amide bonds. The average molecular weight is 230 g/mol. The van der Waals surface area contributed by atoms with Crippen LogP contribution in [0.2, 0.25) is 0 Å². The van der Waals surface area contributed by atoms with E-state index < -0.39 is 0 Å². The number of rotatable bonds is 4. The topological polar surface area (TPSA) is 73.8 Å². The van der Waals surface area contributed by atoms with Gasteiger partial charge in [-0.25, -0.2) is 4.68 Å². The lowest BCUT2D eigenvalue weighted by Crippen LogP contribution is -2.12. The number of hydrogen-bond donors (Lipinski definition) is 1. The first-order valence-electron chi connectivity index (χ1n) is 5.51. The molecule has 0 aliphatic rings. The van der Waals surface area contributed by atoms with Gasteiger partial charge in [-0.1, -0.05) is 24.3 Å². The molecule has 2 aromatic rings. The fraction of sp³-hybridized carbons (Fsp3) is 0.250. The van der Waals surface area contributed by atoms with Gasteiger partial charge in [0.1, 0.15) is 5.69 Å². The Kier molecular flexibility index (Phi) is 3.18. The van der Waals surface area contributed by atoms with E-state index in [0.29, 0.717) is 23.5 Å². The minimum absolute atomic E-state index is 0.137. The SMILES string of the molecule is CCCn1nncc1C(=O)c1ccccc1N. The molecule has 0 aliphatic heterocycles. The fourth-order valence-electron chi connectivity index (χ4n) is 1.65. The van der Waals surface area contributed by atoms with E-state index in [1.165, 1.54) is 6.20 Å². The van der Waals surface area contributed by atoms with Crippen LogP contribution in [0.25, 0.3) is 0 Å². The van der Waals surface area contributed by atoms with Gasteiger partial charge in [0, 0.05) is 17.8 Å². The zero-order chi connectivity index (χ0) is 12.3. The summed E-state index contributed by atoms with van der Waals surface area (Å²) in [6.07, 6.45) is 2.37. The molecule has 0 bridgehead atoms. The maximum absolute atomic E-state index is 12.2. The summed E-state index contributed by atoms with van der Waals surface area (Å²) >= 11 is 0. The van der Waals surface area contributed by atoms with Gasteiger partial charge in [-0.2, -0.15) is 0 Å². The van der Waals surface area contributed by atoms with Crippen LogP contribution in [0.15, 0.2) is 30.5 Å². The Bertz CT molecular complexity index is 533. The summed E-state index contributed by atoms with van der Waals surface area (Å²) in [5.74, 6) is -0.137. The molecule has 5 nitrogen and oxygen atoms in total. The summed E-state index contributed by atoms with van der Waals surface area (Å²) in [4.78, 5) is 12.2. The molecule has 1 heterocycles. The second-order valence-corrected chi connectivity index (χ2v) is 3.76. The molecule has 2 N–H and O–H groups in total. The number of hydrogen-bond acceptors (Lipinski definition) is 4. The van der Waals surface area contributed by atoms with E-state index in [9.17, 15) is 4.79 Å². The maximum atomic E-state index is 12.2. The highest BCUT2D eigenvalue weighted by Gasteiger charge is 2.16. The molecule has 88 valence electrons. The molecule has 0 atom stereocenters. The number of carbonyl (C=O) groups excluding carboxylic acids is 1. The van der Waals surface area contributed by atoms with Crippen molar-refractivity contribution in [1.29, 1.82) is 0 Å². The van der Waals surface area contributed by atoms with E-state index in [0.717, 1.165) is 6.42 Å². The van der Waals surface area contributed by atoms with E-state index in [4.69, 9.17) is 5.73 Å². The number of para-hydroxylation sites is 1. The first-order chi connectivity index (χ1) is 8.24. The van der Waals surface area contributed by atoms with Crippen LogP contribution in [-0.4, -0.2) is 20.8 Å². The Hall–Kier alpha value is -2.17. The van der Waals surface area contributed by atoms with E-state index in [1.54, 1.807) is 28.9 Å². The second kappa shape index (κ2) is 4.78. The van der Waals surface area contributed by atoms with Gasteiger partial charge in [-0.05, 0) is 18.6 Å². The monoisotopic (exact) mass is 230 g/mol. The third-order valence-electron chi connectivity index (χ3n) is 2.49. The molecule has 0 unspecified atom stereocenters. The van der Waals surface area contributed by atoms with Crippen molar-refractivity contribution in [3.05, 3.63) is 41.7 Å². The van der Waals surface area contributed by atoms with Gasteiger partial charge in [-0.3, -0.25) is 4.79 Å². The van der Waals surface area contributed by atoms with Crippen LogP contribution in [0, 0.1) is 0 Å². The number of aromatic nitrogens is 3. The Morgan fingerprint density at radius 2 is 2.18 bits per heavy atom. The average Bonchev–Trinajstić information content (AvgIpc) is 2.78. The molecule has 1 aromatic heterocycles. The standard InChI is InChI=1S/C12H14N4O/c1-2-7-16-11(8-14-15-16)12(17)9-5-3-4-6-10(9)13/h3-6,8H,2,7,13H2,1H3. The Balaban J connectivity index is 2.37. The molecule has 0 fully saturated rings. The minimum atomic E-state index is -0.137. The number of ketones is 1. The lowest BCUT2D eigenvalue weighted by atomic mass is 10.1. The van der Waals surface area contributed by atoms with Gasteiger partial charge in [0.15, 0.2) is 0 Å². The first-order valence-corrected chi connectivity index (χ1v) is 5.51. The van der Waals surface area contributed by atoms with Gasteiger partial charge >= 0.3 is 0 Å². The van der Waals surface area contributed by atoms with Crippen LogP contribution < -0.4 is 5.73 Å². The predicted octanol–water partition coefficient (Wildman–Crippen LogP) is 1.50. The molecule has 5 heteroatoms. The molecule has 17 heavy (non-hydrogen) atoms. The van der Waals surface area contributed by atoms with E-state index in [1.807, 2.05) is 6.92 Å². The summed E-state index contributed by atoms with van der Waals surface area (Å²) in [6, 6.07) is 7.01. The summed E-state index contributed by atoms with van der Waals surface area (Å²) in [6.45, 7) is 2.70. The summed E-state index contributed by atoms with van der Waals surface area (Å²) in [5.41, 5.74) is 7.22. The normalized spacial score (nSPS) is 10.4. The Labute approximate surface area is 99.2 Å². The smallest absolute Gasteiger partial charge is 0.214 e. The van der Waals surface area contributed by atoms with Crippen molar-refractivity contribution in [2.75, 3.05) is 5.73 Å². The molecule has 0 radical (unpaired) electrons. The number of aryl methyl sites for hydroxylation is 1. The highest BCUT2D eigenvalue weighted by molar-refractivity contribution is 6.10. The van der Waals surface area contributed by atoms with Crippen LogP contribution >= 0.6 is 0 Å². The largest absolute Gasteiger partial charge is 0.398 e. The molecule has 0 saturated carbocycles. The van der Waals surface area contributed by atoms with E-state index in [-0.39, 0.29) is 5.78 Å². The molecule has 0 spiro atoms. The van der Waals surface area contributed by atoms with E-state index >= 15 is 0 Å². The number of anilines is 1. The van der Waals surface area contributed by atoms with E-state index in [2.05, 4.69) is 10.3 Å². The quantitative estimate of drug-likeness (QED) is 0.638. The summed E-state index contributed by atoms with van der Waals surface area (Å²) < 4.78 is 1.61. The van der Waals surface area contributed by atoms with Crippen molar-refractivity contribution in [2.45, 2.75) is 19.9 Å². The van der Waals surface area contributed by atoms with Gasteiger partial charge < -0.3 is 5.73 Å². The molecular weight excluding hydrogens is 216 g/mol. The number of nitrogens with zero attached hydrogens (tertiary/aromatic N) is 3. The number of benzene rings is 1. The number of nitrogen functional groups attached to an aromatic ring is 1. The third-order valence-corrected chi connectivity index (χ3v) is 2.49. The summed E-state index contributed by atoms with van der Waals surface area (Å²) in [5, 5.41) is 7.66. The summed E-state index contributed by atoms with van der Waals surface area (Å²) in [7, 11) is 0. The molecule has 0 aliphatic carbocycles. The van der Waals surface area contributed by atoms with Crippen molar-refractivity contribution in [2.24, 2.45) is 0 Å². The molecule has 1 aromatic carbocycles. The predicted molar refractivity (Wildman–Crippen MR) is 64.6 cm³/mol. The second-order valence-electron chi connectivity index (χ2n) is 3.76.